The standard InChI is InChI=1S/C27H34O11/c1-26(33,15-19-3-7-21(8-4-19)37-13-11-35-17-23(28)29)25(32)27(2,34)16-20-5-9-22(10-6-20)38-14-12-36-18-24(30)31/h3-10,33-34H,11-18H2,1-2H3,(H,28,29)(H,30,31). The summed E-state index contributed by atoms with van der Waals surface area (Å²) in [7, 11) is 0. The Morgan fingerprint density at radius 1 is 0.632 bits per heavy atom. The highest BCUT2D eigenvalue weighted by Gasteiger charge is 2.42. The highest BCUT2D eigenvalue weighted by Crippen LogP contribution is 2.26. The second kappa shape index (κ2) is 14.4. The summed E-state index contributed by atoms with van der Waals surface area (Å²) < 4.78 is 20.7. The molecule has 0 saturated carbocycles. The largest absolute Gasteiger partial charge is 0.491 e. The van der Waals surface area contributed by atoms with Crippen molar-refractivity contribution in [1.29, 1.82) is 0 Å². The fourth-order valence-electron chi connectivity index (χ4n) is 3.70. The van der Waals surface area contributed by atoms with Crippen LogP contribution in [0, 0.1) is 0 Å². The van der Waals surface area contributed by atoms with Crippen molar-refractivity contribution < 1.29 is 53.8 Å². The van der Waals surface area contributed by atoms with Crippen LogP contribution < -0.4 is 9.47 Å². The Morgan fingerprint density at radius 2 is 0.974 bits per heavy atom. The number of ketones is 1. The van der Waals surface area contributed by atoms with Gasteiger partial charge in [-0.05, 0) is 49.2 Å². The van der Waals surface area contributed by atoms with Gasteiger partial charge in [-0.25, -0.2) is 9.59 Å². The highest BCUT2D eigenvalue weighted by molar-refractivity contribution is 5.94. The average molecular weight is 535 g/mol. The van der Waals surface area contributed by atoms with E-state index < -0.39 is 42.1 Å². The van der Waals surface area contributed by atoms with Crippen molar-refractivity contribution in [2.24, 2.45) is 0 Å². The summed E-state index contributed by atoms with van der Waals surface area (Å²) in [5.74, 6) is -1.80. The first-order chi connectivity index (χ1) is 17.9. The van der Waals surface area contributed by atoms with E-state index in [9.17, 15) is 24.6 Å². The number of rotatable bonds is 18. The molecule has 2 aromatic rings. The van der Waals surface area contributed by atoms with Crippen molar-refractivity contribution in [2.75, 3.05) is 39.6 Å². The monoisotopic (exact) mass is 534 g/mol. The van der Waals surface area contributed by atoms with E-state index in [0.29, 0.717) is 22.6 Å². The van der Waals surface area contributed by atoms with Gasteiger partial charge in [-0.2, -0.15) is 0 Å². The van der Waals surface area contributed by atoms with Crippen LogP contribution in [0.4, 0.5) is 0 Å². The van der Waals surface area contributed by atoms with Crippen LogP contribution in [-0.2, 0) is 36.7 Å². The van der Waals surface area contributed by atoms with Crippen molar-refractivity contribution in [1.82, 2.24) is 0 Å². The first-order valence-corrected chi connectivity index (χ1v) is 11.9. The Labute approximate surface area is 220 Å². The minimum Gasteiger partial charge on any atom is -0.491 e. The average Bonchev–Trinajstić information content (AvgIpc) is 2.84. The molecule has 2 rings (SSSR count). The molecule has 11 heteroatoms. The van der Waals surface area contributed by atoms with E-state index in [1.165, 1.54) is 13.8 Å². The van der Waals surface area contributed by atoms with Gasteiger partial charge in [0.15, 0.2) is 5.78 Å². The zero-order chi connectivity index (χ0) is 28.2. The molecule has 208 valence electrons. The molecule has 0 aromatic heterocycles. The van der Waals surface area contributed by atoms with Gasteiger partial charge in [0, 0.05) is 12.8 Å². The van der Waals surface area contributed by atoms with Gasteiger partial charge in [0.25, 0.3) is 0 Å². The normalized spacial score (nSPS) is 14.2. The molecule has 2 atom stereocenters. The van der Waals surface area contributed by atoms with Gasteiger partial charge in [0.05, 0.1) is 13.2 Å². The summed E-state index contributed by atoms with van der Waals surface area (Å²) in [6.45, 7) is 2.48. The van der Waals surface area contributed by atoms with Crippen molar-refractivity contribution >= 4 is 17.7 Å². The predicted molar refractivity (Wildman–Crippen MR) is 134 cm³/mol. The lowest BCUT2D eigenvalue weighted by Gasteiger charge is -2.31. The zero-order valence-corrected chi connectivity index (χ0v) is 21.4. The molecule has 0 aliphatic carbocycles. The van der Waals surface area contributed by atoms with Gasteiger partial charge in [-0.15, -0.1) is 0 Å². The number of carboxylic acids is 2. The molecule has 0 heterocycles. The highest BCUT2D eigenvalue weighted by atomic mass is 16.5. The summed E-state index contributed by atoms with van der Waals surface area (Å²) in [4.78, 5) is 33.9. The number of benzene rings is 2. The maximum atomic E-state index is 13.1. The van der Waals surface area contributed by atoms with E-state index in [1.807, 2.05) is 0 Å². The third-order valence-electron chi connectivity index (χ3n) is 5.37. The van der Waals surface area contributed by atoms with Gasteiger partial charge in [0.2, 0.25) is 0 Å². The van der Waals surface area contributed by atoms with Crippen LogP contribution in [0.1, 0.15) is 25.0 Å². The van der Waals surface area contributed by atoms with Gasteiger partial charge >= 0.3 is 11.9 Å². The summed E-state index contributed by atoms with van der Waals surface area (Å²) in [6, 6.07) is 13.4. The van der Waals surface area contributed by atoms with Crippen LogP contribution in [0.5, 0.6) is 11.5 Å². The van der Waals surface area contributed by atoms with Crippen molar-refractivity contribution in [3.05, 3.63) is 59.7 Å². The van der Waals surface area contributed by atoms with E-state index >= 15 is 0 Å². The van der Waals surface area contributed by atoms with Crippen LogP contribution in [0.3, 0.4) is 0 Å². The molecular weight excluding hydrogens is 500 g/mol. The smallest absolute Gasteiger partial charge is 0.329 e. The van der Waals surface area contributed by atoms with Gasteiger partial charge in [-0.3, -0.25) is 4.79 Å². The Morgan fingerprint density at radius 3 is 1.29 bits per heavy atom. The number of ether oxygens (including phenoxy) is 4. The minimum absolute atomic E-state index is 0.0271. The van der Waals surface area contributed by atoms with E-state index in [0.717, 1.165) is 0 Å². The summed E-state index contributed by atoms with van der Waals surface area (Å²) in [5, 5.41) is 38.9. The lowest BCUT2D eigenvalue weighted by Crippen LogP contribution is -2.52. The Balaban J connectivity index is 1.86. The fourth-order valence-corrected chi connectivity index (χ4v) is 3.70. The number of aliphatic carboxylic acids is 2. The number of hydrogen-bond donors (Lipinski definition) is 4. The first-order valence-electron chi connectivity index (χ1n) is 11.9. The van der Waals surface area contributed by atoms with Crippen molar-refractivity contribution in [2.45, 2.75) is 37.9 Å². The molecule has 0 aliphatic rings. The molecule has 0 amide bonds. The van der Waals surface area contributed by atoms with Crippen molar-refractivity contribution in [3.63, 3.8) is 0 Å². The van der Waals surface area contributed by atoms with Crippen molar-refractivity contribution in [3.8, 4) is 11.5 Å². The van der Waals surface area contributed by atoms with E-state index in [-0.39, 0.29) is 39.3 Å². The second-order valence-corrected chi connectivity index (χ2v) is 9.11. The molecule has 0 fully saturated rings. The first kappa shape index (κ1) is 30.7. The molecule has 38 heavy (non-hydrogen) atoms. The topological polar surface area (TPSA) is 169 Å². The maximum absolute atomic E-state index is 13.1. The number of carbonyl (C=O) groups excluding carboxylic acids is 1. The molecule has 11 nitrogen and oxygen atoms in total. The second-order valence-electron chi connectivity index (χ2n) is 9.11. The molecule has 4 N–H and O–H groups in total. The lowest BCUT2D eigenvalue weighted by molar-refractivity contribution is -0.153. The molecule has 2 aromatic carbocycles. The SMILES string of the molecule is CC(O)(Cc1ccc(OCCOCC(=O)O)cc1)C(=O)C(C)(O)Cc1ccc(OCCOCC(=O)O)cc1. The molecule has 0 radical (unpaired) electrons. The number of carbonyl (C=O) groups is 3. The quantitative estimate of drug-likeness (QED) is 0.204. The van der Waals surface area contributed by atoms with E-state index in [4.69, 9.17) is 29.2 Å². The van der Waals surface area contributed by atoms with Crippen LogP contribution in [0.15, 0.2) is 48.5 Å². The number of carboxylic acid groups (broad SMARTS) is 2. The molecule has 2 unspecified atom stereocenters. The molecule has 0 aliphatic heterocycles. The Kier molecular flexibility index (Phi) is 11.7. The summed E-state index contributed by atoms with van der Waals surface area (Å²) in [5.41, 5.74) is -2.37. The summed E-state index contributed by atoms with van der Waals surface area (Å²) >= 11 is 0. The van der Waals surface area contributed by atoms with Gasteiger partial charge in [0.1, 0.15) is 49.1 Å². The van der Waals surface area contributed by atoms with Crippen LogP contribution >= 0.6 is 0 Å². The molecule has 0 spiro atoms. The van der Waals surface area contributed by atoms with Crippen LogP contribution in [0.25, 0.3) is 0 Å². The predicted octanol–water partition coefficient (Wildman–Crippen LogP) is 1.50. The third-order valence-corrected chi connectivity index (χ3v) is 5.37. The number of hydrogen-bond acceptors (Lipinski definition) is 9. The summed E-state index contributed by atoms with van der Waals surface area (Å²) in [6.07, 6.45) is -0.0541. The van der Waals surface area contributed by atoms with Crippen LogP contribution in [-0.4, -0.2) is 89.0 Å². The molecule has 0 bridgehead atoms. The maximum Gasteiger partial charge on any atom is 0.329 e. The van der Waals surface area contributed by atoms with Crippen LogP contribution in [0.2, 0.25) is 0 Å². The lowest BCUT2D eigenvalue weighted by atomic mass is 9.80. The third kappa shape index (κ3) is 10.9. The van der Waals surface area contributed by atoms with E-state index in [2.05, 4.69) is 0 Å². The van der Waals surface area contributed by atoms with Gasteiger partial charge in [-0.1, -0.05) is 24.3 Å². The fraction of sp³-hybridized carbons (Fsp3) is 0.444. The zero-order valence-electron chi connectivity index (χ0n) is 21.4. The van der Waals surface area contributed by atoms with E-state index in [1.54, 1.807) is 48.5 Å². The Hall–Kier alpha value is -3.51. The molecule has 0 saturated heterocycles. The van der Waals surface area contributed by atoms with Gasteiger partial charge < -0.3 is 39.4 Å². The number of aliphatic hydroxyl groups is 2. The Bertz CT molecular complexity index is 960. The molecular formula is C27H34O11. The number of Topliss-reactive ketones (excluding diaryl/α,β-unsaturated/α-hetero) is 1. The minimum atomic E-state index is -1.84.